The lowest BCUT2D eigenvalue weighted by Crippen LogP contribution is -2.28. The van der Waals surface area contributed by atoms with Crippen LogP contribution in [-0.4, -0.2) is 11.0 Å². The Labute approximate surface area is 119 Å². The summed E-state index contributed by atoms with van der Waals surface area (Å²) in [7, 11) is 0. The van der Waals surface area contributed by atoms with Crippen LogP contribution in [0, 0.1) is 15.9 Å². The molecular formula is C15H23FN2O2. The van der Waals surface area contributed by atoms with Crippen molar-refractivity contribution in [3.63, 3.8) is 0 Å². The first-order valence-electron chi connectivity index (χ1n) is 7.24. The van der Waals surface area contributed by atoms with Crippen molar-refractivity contribution in [3.8, 4) is 0 Å². The number of hydrogen-bond donors (Lipinski definition) is 1. The quantitative estimate of drug-likeness (QED) is 0.546. The van der Waals surface area contributed by atoms with Crippen molar-refractivity contribution < 1.29 is 9.31 Å². The van der Waals surface area contributed by atoms with Crippen LogP contribution in [0.25, 0.3) is 0 Å². The number of halogens is 1. The lowest BCUT2D eigenvalue weighted by Gasteiger charge is -2.17. The molecule has 0 aliphatic heterocycles. The minimum Gasteiger partial charge on any atom is -0.310 e. The van der Waals surface area contributed by atoms with Crippen LogP contribution in [0.2, 0.25) is 0 Å². The second kappa shape index (κ2) is 8.64. The third-order valence-electron chi connectivity index (χ3n) is 3.35. The number of unbranched alkanes of at least 4 members (excludes halogenated alkanes) is 1. The van der Waals surface area contributed by atoms with Gasteiger partial charge in [-0.05, 0) is 24.5 Å². The fraction of sp³-hybridized carbons (Fsp3) is 0.600. The smallest absolute Gasteiger partial charge is 0.304 e. The molecule has 1 rings (SSSR count). The lowest BCUT2D eigenvalue weighted by molar-refractivity contribution is -0.387. The molecule has 0 bridgehead atoms. The minimum atomic E-state index is -0.769. The van der Waals surface area contributed by atoms with Crippen molar-refractivity contribution in [1.29, 1.82) is 0 Å². The zero-order valence-electron chi connectivity index (χ0n) is 12.2. The van der Waals surface area contributed by atoms with Crippen molar-refractivity contribution in [1.82, 2.24) is 5.32 Å². The molecule has 0 saturated heterocycles. The zero-order valence-corrected chi connectivity index (χ0v) is 12.2. The lowest BCUT2D eigenvalue weighted by atomic mass is 10.0. The maximum absolute atomic E-state index is 13.5. The number of nitro groups is 1. The first-order valence-corrected chi connectivity index (χ1v) is 7.24. The summed E-state index contributed by atoms with van der Waals surface area (Å²) in [5.74, 6) is -0.769. The van der Waals surface area contributed by atoms with Crippen LogP contribution in [0.3, 0.4) is 0 Å². The van der Waals surface area contributed by atoms with E-state index in [-0.39, 0.29) is 0 Å². The highest BCUT2D eigenvalue weighted by molar-refractivity contribution is 5.34. The fourth-order valence-electron chi connectivity index (χ4n) is 2.22. The van der Waals surface area contributed by atoms with Gasteiger partial charge in [0.15, 0.2) is 0 Å². The second-order valence-electron chi connectivity index (χ2n) is 5.05. The summed E-state index contributed by atoms with van der Waals surface area (Å²) >= 11 is 0. The van der Waals surface area contributed by atoms with E-state index in [9.17, 15) is 14.5 Å². The van der Waals surface area contributed by atoms with Gasteiger partial charge >= 0.3 is 5.69 Å². The Kier molecular flexibility index (Phi) is 7.15. The molecule has 0 heterocycles. The van der Waals surface area contributed by atoms with Crippen LogP contribution >= 0.6 is 0 Å². The molecule has 0 aliphatic rings. The van der Waals surface area contributed by atoms with E-state index in [0.29, 0.717) is 12.6 Å². The fourth-order valence-corrected chi connectivity index (χ4v) is 2.22. The average molecular weight is 282 g/mol. The van der Waals surface area contributed by atoms with Gasteiger partial charge in [0.25, 0.3) is 0 Å². The molecule has 0 fully saturated rings. The Bertz CT molecular complexity index is 438. The van der Waals surface area contributed by atoms with Crippen molar-refractivity contribution in [2.45, 2.75) is 58.5 Å². The van der Waals surface area contributed by atoms with E-state index < -0.39 is 16.4 Å². The molecule has 1 unspecified atom stereocenters. The average Bonchev–Trinajstić information content (AvgIpc) is 2.41. The van der Waals surface area contributed by atoms with E-state index in [2.05, 4.69) is 19.2 Å². The minimum absolute atomic E-state index is 0.429. The summed E-state index contributed by atoms with van der Waals surface area (Å²) in [6.45, 7) is 4.85. The number of benzene rings is 1. The van der Waals surface area contributed by atoms with Crippen LogP contribution in [0.1, 0.15) is 51.5 Å². The molecule has 1 aromatic rings. The van der Waals surface area contributed by atoms with Gasteiger partial charge in [0, 0.05) is 18.7 Å². The highest BCUT2D eigenvalue weighted by atomic mass is 19.1. The monoisotopic (exact) mass is 282 g/mol. The predicted octanol–water partition coefficient (Wildman–Crippen LogP) is 4.18. The van der Waals surface area contributed by atoms with Crippen LogP contribution in [0.5, 0.6) is 0 Å². The van der Waals surface area contributed by atoms with Gasteiger partial charge in [-0.15, -0.1) is 0 Å². The molecule has 112 valence electrons. The highest BCUT2D eigenvalue weighted by Gasteiger charge is 2.14. The molecule has 20 heavy (non-hydrogen) atoms. The van der Waals surface area contributed by atoms with E-state index >= 15 is 0 Å². The number of hydrogen-bond acceptors (Lipinski definition) is 3. The van der Waals surface area contributed by atoms with Crippen molar-refractivity contribution >= 4 is 5.69 Å². The molecule has 5 heteroatoms. The largest absolute Gasteiger partial charge is 0.310 e. The molecule has 0 aromatic heterocycles. The van der Waals surface area contributed by atoms with Gasteiger partial charge < -0.3 is 5.32 Å². The summed E-state index contributed by atoms with van der Waals surface area (Å²) in [6.07, 6.45) is 5.64. The molecule has 0 aliphatic carbocycles. The standard InChI is InChI=1S/C15H23FN2O2/c1-3-5-7-13(6-4-2)17-11-12-8-9-15(18(19)20)14(16)10-12/h8-10,13,17H,3-7,11H2,1-2H3. The third kappa shape index (κ3) is 5.25. The Morgan fingerprint density at radius 1 is 1.30 bits per heavy atom. The third-order valence-corrected chi connectivity index (χ3v) is 3.35. The van der Waals surface area contributed by atoms with Crippen LogP contribution in [-0.2, 0) is 6.54 Å². The van der Waals surface area contributed by atoms with Gasteiger partial charge in [0.1, 0.15) is 0 Å². The Morgan fingerprint density at radius 2 is 2.05 bits per heavy atom. The van der Waals surface area contributed by atoms with E-state index in [1.807, 2.05) is 0 Å². The molecule has 0 saturated carbocycles. The molecule has 1 aromatic carbocycles. The van der Waals surface area contributed by atoms with Crippen LogP contribution < -0.4 is 5.32 Å². The molecule has 1 N–H and O–H groups in total. The highest BCUT2D eigenvalue weighted by Crippen LogP contribution is 2.18. The zero-order chi connectivity index (χ0) is 15.0. The van der Waals surface area contributed by atoms with E-state index in [4.69, 9.17) is 0 Å². The molecule has 1 atom stereocenters. The van der Waals surface area contributed by atoms with Gasteiger partial charge in [-0.1, -0.05) is 39.2 Å². The predicted molar refractivity (Wildman–Crippen MR) is 78.1 cm³/mol. The summed E-state index contributed by atoms with van der Waals surface area (Å²) in [4.78, 5) is 9.85. The molecule has 4 nitrogen and oxygen atoms in total. The second-order valence-corrected chi connectivity index (χ2v) is 5.05. The molecule has 0 spiro atoms. The Morgan fingerprint density at radius 3 is 2.60 bits per heavy atom. The van der Waals surface area contributed by atoms with Crippen LogP contribution in [0.4, 0.5) is 10.1 Å². The van der Waals surface area contributed by atoms with E-state index in [0.717, 1.165) is 31.2 Å². The molecular weight excluding hydrogens is 259 g/mol. The first-order chi connectivity index (χ1) is 9.58. The maximum Gasteiger partial charge on any atom is 0.304 e. The van der Waals surface area contributed by atoms with E-state index in [1.165, 1.54) is 18.6 Å². The summed E-state index contributed by atoms with van der Waals surface area (Å²) < 4.78 is 13.5. The van der Waals surface area contributed by atoms with E-state index in [1.54, 1.807) is 6.07 Å². The van der Waals surface area contributed by atoms with Crippen molar-refractivity contribution in [2.24, 2.45) is 0 Å². The van der Waals surface area contributed by atoms with Gasteiger partial charge in [-0.3, -0.25) is 10.1 Å². The SMILES string of the molecule is CCCCC(CCC)NCc1ccc([N+](=O)[O-])c(F)c1. The summed E-state index contributed by atoms with van der Waals surface area (Å²) in [5, 5.41) is 14.0. The molecule has 0 radical (unpaired) electrons. The van der Waals surface area contributed by atoms with Gasteiger partial charge in [0.05, 0.1) is 4.92 Å². The Hall–Kier alpha value is -1.49. The van der Waals surface area contributed by atoms with Crippen LogP contribution in [0.15, 0.2) is 18.2 Å². The molecule has 0 amide bonds. The summed E-state index contributed by atoms with van der Waals surface area (Å²) in [5.41, 5.74) is 0.274. The Balaban J connectivity index is 2.58. The number of nitrogens with one attached hydrogen (secondary N) is 1. The van der Waals surface area contributed by atoms with Gasteiger partial charge in [-0.2, -0.15) is 4.39 Å². The number of rotatable bonds is 9. The first kappa shape index (κ1) is 16.6. The van der Waals surface area contributed by atoms with Crippen molar-refractivity contribution in [2.75, 3.05) is 0 Å². The summed E-state index contributed by atoms with van der Waals surface area (Å²) in [6, 6.07) is 4.51. The number of nitro benzene ring substituents is 1. The number of nitrogens with zero attached hydrogens (tertiary/aromatic N) is 1. The van der Waals surface area contributed by atoms with Gasteiger partial charge in [0.2, 0.25) is 5.82 Å². The maximum atomic E-state index is 13.5. The van der Waals surface area contributed by atoms with Gasteiger partial charge in [-0.25, -0.2) is 0 Å². The topological polar surface area (TPSA) is 55.2 Å². The van der Waals surface area contributed by atoms with Crippen molar-refractivity contribution in [3.05, 3.63) is 39.7 Å². The normalized spacial score (nSPS) is 12.3.